The highest BCUT2D eigenvalue weighted by atomic mass is 15.1. The maximum Gasteiger partial charge on any atom is 0.0402 e. The van der Waals surface area contributed by atoms with E-state index in [0.29, 0.717) is 0 Å². The molecule has 2 heteroatoms. The highest BCUT2D eigenvalue weighted by molar-refractivity contribution is 5.57. The maximum atomic E-state index is 5.68. The Morgan fingerprint density at radius 2 is 2.00 bits per heavy atom. The first-order chi connectivity index (χ1) is 7.90. The van der Waals surface area contributed by atoms with E-state index in [1.807, 2.05) is 0 Å². The molecule has 1 heterocycles. The van der Waals surface area contributed by atoms with Gasteiger partial charge in [-0.15, -0.1) is 0 Å². The van der Waals surface area contributed by atoms with Crippen molar-refractivity contribution in [1.82, 2.24) is 0 Å². The molecule has 0 radical (unpaired) electrons. The molecule has 0 unspecified atom stereocenters. The van der Waals surface area contributed by atoms with Crippen molar-refractivity contribution >= 4 is 5.69 Å². The number of benzene rings is 1. The highest BCUT2D eigenvalue weighted by Crippen LogP contribution is 2.49. The molecule has 86 valence electrons. The molecule has 3 rings (SSSR count). The summed E-state index contributed by atoms with van der Waals surface area (Å²) in [4.78, 5) is 2.45. The van der Waals surface area contributed by atoms with Crippen molar-refractivity contribution < 1.29 is 0 Å². The normalized spacial score (nSPS) is 24.3. The highest BCUT2D eigenvalue weighted by Gasteiger charge is 2.36. The van der Waals surface area contributed by atoms with Crippen molar-refractivity contribution in [3.05, 3.63) is 29.8 Å². The molecule has 16 heavy (non-hydrogen) atoms. The molecule has 0 saturated heterocycles. The van der Waals surface area contributed by atoms with Crippen molar-refractivity contribution in [2.24, 2.45) is 11.7 Å². The molecule has 0 bridgehead atoms. The largest absolute Gasteiger partial charge is 0.370 e. The van der Waals surface area contributed by atoms with Crippen molar-refractivity contribution in [1.29, 1.82) is 0 Å². The summed E-state index contributed by atoms with van der Waals surface area (Å²) in [5, 5.41) is 0. The Balaban J connectivity index is 1.92. The fourth-order valence-corrected chi connectivity index (χ4v) is 3.04. The summed E-state index contributed by atoms with van der Waals surface area (Å²) in [6, 6.07) is 8.91. The topological polar surface area (TPSA) is 29.3 Å². The summed E-state index contributed by atoms with van der Waals surface area (Å²) in [7, 11) is 0. The van der Waals surface area contributed by atoms with E-state index in [1.54, 1.807) is 5.56 Å². The molecule has 2 N–H and O–H groups in total. The summed E-state index contributed by atoms with van der Waals surface area (Å²) in [5.74, 6) is 1.80. The van der Waals surface area contributed by atoms with Gasteiger partial charge >= 0.3 is 0 Å². The number of para-hydroxylation sites is 1. The predicted octanol–water partition coefficient (Wildman–Crippen LogP) is 2.35. The molecular formula is C14H20N2. The first-order valence-corrected chi connectivity index (χ1v) is 6.44. The van der Waals surface area contributed by atoms with E-state index >= 15 is 0 Å². The molecule has 1 fully saturated rings. The van der Waals surface area contributed by atoms with E-state index in [0.717, 1.165) is 24.9 Å². The summed E-state index contributed by atoms with van der Waals surface area (Å²) in [5.41, 5.74) is 8.70. The van der Waals surface area contributed by atoms with Crippen LogP contribution >= 0.6 is 0 Å². The zero-order valence-corrected chi connectivity index (χ0v) is 9.73. The first kappa shape index (κ1) is 10.2. The molecule has 2 aliphatic rings. The SMILES string of the molecule is NCCN1CC[C@@H](C2CC2)c2ccccc21. The molecule has 0 spiro atoms. The van der Waals surface area contributed by atoms with Gasteiger partial charge in [0.2, 0.25) is 0 Å². The van der Waals surface area contributed by atoms with Gasteiger partial charge in [0.05, 0.1) is 0 Å². The molecule has 1 saturated carbocycles. The van der Waals surface area contributed by atoms with Crippen LogP contribution in [0.5, 0.6) is 0 Å². The van der Waals surface area contributed by atoms with Crippen LogP contribution in [0.3, 0.4) is 0 Å². The molecule has 1 aromatic rings. The number of nitrogens with two attached hydrogens (primary N) is 1. The summed E-state index contributed by atoms with van der Waals surface area (Å²) >= 11 is 0. The lowest BCUT2D eigenvalue weighted by molar-refractivity contribution is 0.525. The average Bonchev–Trinajstić information content (AvgIpc) is 3.14. The number of anilines is 1. The second-order valence-corrected chi connectivity index (χ2v) is 5.07. The van der Waals surface area contributed by atoms with Gasteiger partial charge in [0.1, 0.15) is 0 Å². The average molecular weight is 216 g/mol. The van der Waals surface area contributed by atoms with Crippen LogP contribution in [0.2, 0.25) is 0 Å². The van der Waals surface area contributed by atoms with Crippen molar-refractivity contribution in [3.63, 3.8) is 0 Å². The van der Waals surface area contributed by atoms with Gasteiger partial charge in [0.15, 0.2) is 0 Å². The third kappa shape index (κ3) is 1.71. The Kier molecular flexibility index (Phi) is 2.60. The minimum absolute atomic E-state index is 0.752. The van der Waals surface area contributed by atoms with Crippen LogP contribution in [0.4, 0.5) is 5.69 Å². The van der Waals surface area contributed by atoms with Crippen molar-refractivity contribution in [2.75, 3.05) is 24.5 Å². The maximum absolute atomic E-state index is 5.68. The van der Waals surface area contributed by atoms with Gasteiger partial charge < -0.3 is 10.6 Å². The molecule has 0 aromatic heterocycles. The van der Waals surface area contributed by atoms with Gasteiger partial charge in [-0.25, -0.2) is 0 Å². The van der Waals surface area contributed by atoms with Gasteiger partial charge in [-0.3, -0.25) is 0 Å². The van der Waals surface area contributed by atoms with E-state index in [1.165, 1.54) is 31.5 Å². The lowest BCUT2D eigenvalue weighted by Gasteiger charge is -2.35. The van der Waals surface area contributed by atoms with Crippen LogP contribution in [0, 0.1) is 5.92 Å². The third-order valence-electron chi connectivity index (χ3n) is 3.98. The number of hydrogen-bond donors (Lipinski definition) is 1. The molecule has 1 aromatic carbocycles. The Labute approximate surface area is 97.4 Å². The van der Waals surface area contributed by atoms with E-state index < -0.39 is 0 Å². The molecule has 1 atom stereocenters. The third-order valence-corrected chi connectivity index (χ3v) is 3.98. The van der Waals surface area contributed by atoms with Gasteiger partial charge in [-0.1, -0.05) is 18.2 Å². The van der Waals surface area contributed by atoms with E-state index in [4.69, 9.17) is 5.73 Å². The van der Waals surface area contributed by atoms with Crippen LogP contribution in [0.1, 0.15) is 30.7 Å². The molecule has 0 amide bonds. The van der Waals surface area contributed by atoms with Gasteiger partial charge in [0.25, 0.3) is 0 Å². The quantitative estimate of drug-likeness (QED) is 0.840. The predicted molar refractivity (Wildman–Crippen MR) is 67.8 cm³/mol. The van der Waals surface area contributed by atoms with Gasteiger partial charge in [0, 0.05) is 25.3 Å². The smallest absolute Gasteiger partial charge is 0.0402 e. The Morgan fingerprint density at radius 1 is 1.19 bits per heavy atom. The van der Waals surface area contributed by atoms with Crippen LogP contribution in [-0.2, 0) is 0 Å². The van der Waals surface area contributed by atoms with Crippen molar-refractivity contribution in [2.45, 2.75) is 25.2 Å². The standard InChI is InChI=1S/C14H20N2/c15-8-10-16-9-7-12(11-5-6-11)13-3-1-2-4-14(13)16/h1-4,11-12H,5-10,15H2/t12-/m0/s1. The lowest BCUT2D eigenvalue weighted by Crippen LogP contribution is -2.35. The zero-order chi connectivity index (χ0) is 11.0. The van der Waals surface area contributed by atoms with Crippen molar-refractivity contribution in [3.8, 4) is 0 Å². The number of nitrogens with zero attached hydrogens (tertiary/aromatic N) is 1. The monoisotopic (exact) mass is 216 g/mol. The fraction of sp³-hybridized carbons (Fsp3) is 0.571. The number of rotatable bonds is 3. The van der Waals surface area contributed by atoms with Crippen LogP contribution in [0.15, 0.2) is 24.3 Å². The van der Waals surface area contributed by atoms with Gasteiger partial charge in [-0.2, -0.15) is 0 Å². The first-order valence-electron chi connectivity index (χ1n) is 6.44. The van der Waals surface area contributed by atoms with E-state index in [9.17, 15) is 0 Å². The fourth-order valence-electron chi connectivity index (χ4n) is 3.04. The van der Waals surface area contributed by atoms with Gasteiger partial charge in [-0.05, 0) is 42.7 Å². The number of fused-ring (bicyclic) bond motifs is 1. The Hall–Kier alpha value is -1.02. The van der Waals surface area contributed by atoms with E-state index in [2.05, 4.69) is 29.2 Å². The molecular weight excluding hydrogens is 196 g/mol. The number of hydrogen-bond acceptors (Lipinski definition) is 2. The second-order valence-electron chi connectivity index (χ2n) is 5.07. The zero-order valence-electron chi connectivity index (χ0n) is 9.73. The summed E-state index contributed by atoms with van der Waals surface area (Å²) < 4.78 is 0. The van der Waals surface area contributed by atoms with Crippen LogP contribution in [0.25, 0.3) is 0 Å². The van der Waals surface area contributed by atoms with Crippen LogP contribution in [-0.4, -0.2) is 19.6 Å². The second kappa shape index (κ2) is 4.10. The minimum atomic E-state index is 0.752. The molecule has 1 aliphatic heterocycles. The minimum Gasteiger partial charge on any atom is -0.370 e. The summed E-state index contributed by atoms with van der Waals surface area (Å²) in [6.45, 7) is 2.94. The van der Waals surface area contributed by atoms with Crippen LogP contribution < -0.4 is 10.6 Å². The van der Waals surface area contributed by atoms with E-state index in [-0.39, 0.29) is 0 Å². The molecule has 1 aliphatic carbocycles. The summed E-state index contributed by atoms with van der Waals surface area (Å²) in [6.07, 6.45) is 4.20. The Bertz CT molecular complexity index is 371. The Morgan fingerprint density at radius 3 is 2.75 bits per heavy atom. The molecule has 2 nitrogen and oxygen atoms in total. The lowest BCUT2D eigenvalue weighted by atomic mass is 9.86.